The fourth-order valence-corrected chi connectivity index (χ4v) is 3.48. The monoisotopic (exact) mass is 314 g/mol. The highest BCUT2D eigenvalue weighted by atomic mass is 16.2. The molecular formula is C19H26N2O2. The first-order valence-corrected chi connectivity index (χ1v) is 8.80. The molecule has 1 saturated heterocycles. The summed E-state index contributed by atoms with van der Waals surface area (Å²) in [5.74, 6) is 0.105. The van der Waals surface area contributed by atoms with E-state index in [1.807, 2.05) is 47.1 Å². The standard InChI is InChI=1S/C19H26N2O2/c1-2-20(15-16-9-5-3-6-10-16)17(22)19(11-12-19)18(23)21-13-7-4-8-14-21/h3,5-6,9-10H,2,4,7-8,11-15H2,1H3. The Labute approximate surface area is 138 Å². The first-order chi connectivity index (χ1) is 11.2. The molecule has 0 spiro atoms. The molecule has 1 saturated carbocycles. The molecule has 2 fully saturated rings. The molecule has 2 aliphatic rings. The highest BCUT2D eigenvalue weighted by molar-refractivity contribution is 6.07. The van der Waals surface area contributed by atoms with E-state index >= 15 is 0 Å². The number of hydrogen-bond acceptors (Lipinski definition) is 2. The number of nitrogens with zero attached hydrogens (tertiary/aromatic N) is 2. The molecular weight excluding hydrogens is 288 g/mol. The number of carbonyl (C=O) groups is 2. The van der Waals surface area contributed by atoms with Gasteiger partial charge in [-0.15, -0.1) is 0 Å². The maximum absolute atomic E-state index is 13.0. The SMILES string of the molecule is CCN(Cc1ccccc1)C(=O)C1(C(=O)N2CCCCC2)CC1. The molecule has 4 heteroatoms. The Hall–Kier alpha value is -1.84. The van der Waals surface area contributed by atoms with Gasteiger partial charge in [-0.3, -0.25) is 9.59 Å². The van der Waals surface area contributed by atoms with Crippen molar-refractivity contribution in [3.63, 3.8) is 0 Å². The molecule has 1 heterocycles. The van der Waals surface area contributed by atoms with Crippen LogP contribution in [-0.4, -0.2) is 41.2 Å². The van der Waals surface area contributed by atoms with Crippen molar-refractivity contribution in [1.29, 1.82) is 0 Å². The van der Waals surface area contributed by atoms with Crippen LogP contribution in [0.3, 0.4) is 0 Å². The van der Waals surface area contributed by atoms with Gasteiger partial charge in [-0.25, -0.2) is 0 Å². The molecule has 1 aliphatic heterocycles. The van der Waals surface area contributed by atoms with Gasteiger partial charge in [-0.2, -0.15) is 0 Å². The first-order valence-electron chi connectivity index (χ1n) is 8.80. The molecule has 124 valence electrons. The van der Waals surface area contributed by atoms with Crippen molar-refractivity contribution in [3.8, 4) is 0 Å². The van der Waals surface area contributed by atoms with Crippen LogP contribution in [0.15, 0.2) is 30.3 Å². The van der Waals surface area contributed by atoms with Gasteiger partial charge in [0.25, 0.3) is 0 Å². The Bertz CT molecular complexity index is 560. The fraction of sp³-hybridized carbons (Fsp3) is 0.579. The van der Waals surface area contributed by atoms with Crippen LogP contribution >= 0.6 is 0 Å². The average molecular weight is 314 g/mol. The first kappa shape index (κ1) is 16.0. The lowest BCUT2D eigenvalue weighted by molar-refractivity contribution is -0.150. The summed E-state index contributed by atoms with van der Waals surface area (Å²) in [6.45, 7) is 4.85. The molecule has 23 heavy (non-hydrogen) atoms. The highest BCUT2D eigenvalue weighted by Crippen LogP contribution is 2.49. The van der Waals surface area contributed by atoms with Crippen molar-refractivity contribution in [1.82, 2.24) is 9.80 Å². The summed E-state index contributed by atoms with van der Waals surface area (Å²) in [7, 11) is 0. The minimum Gasteiger partial charge on any atom is -0.342 e. The van der Waals surface area contributed by atoms with Crippen molar-refractivity contribution >= 4 is 11.8 Å². The summed E-state index contributed by atoms with van der Waals surface area (Å²) >= 11 is 0. The molecule has 0 atom stereocenters. The van der Waals surface area contributed by atoms with Gasteiger partial charge in [-0.05, 0) is 44.6 Å². The van der Waals surface area contributed by atoms with Crippen LogP contribution < -0.4 is 0 Å². The summed E-state index contributed by atoms with van der Waals surface area (Å²) < 4.78 is 0. The number of rotatable bonds is 5. The third-order valence-corrected chi connectivity index (χ3v) is 5.10. The minimum absolute atomic E-state index is 0.0272. The van der Waals surface area contributed by atoms with Crippen LogP contribution in [0.25, 0.3) is 0 Å². The van der Waals surface area contributed by atoms with Crippen molar-refractivity contribution in [2.45, 2.75) is 45.6 Å². The van der Waals surface area contributed by atoms with Crippen molar-refractivity contribution in [3.05, 3.63) is 35.9 Å². The number of benzene rings is 1. The number of hydrogen-bond donors (Lipinski definition) is 0. The zero-order valence-corrected chi connectivity index (χ0v) is 14.0. The van der Waals surface area contributed by atoms with Crippen molar-refractivity contribution in [2.24, 2.45) is 5.41 Å². The zero-order valence-electron chi connectivity index (χ0n) is 14.0. The van der Waals surface area contributed by atoms with E-state index in [-0.39, 0.29) is 11.8 Å². The van der Waals surface area contributed by atoms with Gasteiger partial charge >= 0.3 is 0 Å². The van der Waals surface area contributed by atoms with Gasteiger partial charge in [0.05, 0.1) is 0 Å². The molecule has 1 aliphatic carbocycles. The quantitative estimate of drug-likeness (QED) is 0.784. The highest BCUT2D eigenvalue weighted by Gasteiger charge is 2.59. The van der Waals surface area contributed by atoms with E-state index in [1.54, 1.807) is 0 Å². The van der Waals surface area contributed by atoms with E-state index in [4.69, 9.17) is 0 Å². The summed E-state index contributed by atoms with van der Waals surface area (Å²) in [4.78, 5) is 29.7. The van der Waals surface area contributed by atoms with Crippen LogP contribution in [0.4, 0.5) is 0 Å². The maximum Gasteiger partial charge on any atom is 0.238 e. The van der Waals surface area contributed by atoms with E-state index in [1.165, 1.54) is 6.42 Å². The molecule has 0 aromatic heterocycles. The predicted octanol–water partition coefficient (Wildman–Crippen LogP) is 2.83. The number of likely N-dealkylation sites (tertiary alicyclic amines) is 1. The van der Waals surface area contributed by atoms with Crippen molar-refractivity contribution in [2.75, 3.05) is 19.6 Å². The van der Waals surface area contributed by atoms with E-state index in [0.717, 1.165) is 31.5 Å². The molecule has 0 unspecified atom stereocenters. The minimum atomic E-state index is -0.748. The summed E-state index contributed by atoms with van der Waals surface area (Å²) in [5.41, 5.74) is 0.367. The van der Waals surface area contributed by atoms with Crippen molar-refractivity contribution < 1.29 is 9.59 Å². The molecule has 1 aromatic carbocycles. The molecule has 2 amide bonds. The van der Waals surface area contributed by atoms with Crippen LogP contribution in [0.1, 0.15) is 44.6 Å². The second-order valence-electron chi connectivity index (χ2n) is 6.74. The lowest BCUT2D eigenvalue weighted by Crippen LogP contribution is -2.48. The van der Waals surface area contributed by atoms with Gasteiger partial charge in [-0.1, -0.05) is 30.3 Å². The van der Waals surface area contributed by atoms with Crippen LogP contribution in [0, 0.1) is 5.41 Å². The lowest BCUT2D eigenvalue weighted by Gasteiger charge is -2.32. The summed E-state index contributed by atoms with van der Waals surface area (Å²) in [6, 6.07) is 10.0. The Kier molecular flexibility index (Phi) is 4.69. The second kappa shape index (κ2) is 6.73. The Balaban J connectivity index is 1.70. The van der Waals surface area contributed by atoms with E-state index in [9.17, 15) is 9.59 Å². The largest absolute Gasteiger partial charge is 0.342 e. The number of amides is 2. The average Bonchev–Trinajstić information content (AvgIpc) is 3.42. The molecule has 0 bridgehead atoms. The lowest BCUT2D eigenvalue weighted by atomic mass is 10.0. The van der Waals surface area contributed by atoms with E-state index in [2.05, 4.69) is 0 Å². The second-order valence-corrected chi connectivity index (χ2v) is 6.74. The van der Waals surface area contributed by atoms with Gasteiger partial charge in [0.15, 0.2) is 0 Å². The van der Waals surface area contributed by atoms with Gasteiger partial charge < -0.3 is 9.80 Å². The van der Waals surface area contributed by atoms with Crippen LogP contribution in [0.5, 0.6) is 0 Å². The number of piperidine rings is 1. The Morgan fingerprint density at radius 1 is 1.09 bits per heavy atom. The maximum atomic E-state index is 13.0. The Morgan fingerprint density at radius 2 is 1.74 bits per heavy atom. The molecule has 1 aromatic rings. The molecule has 4 nitrogen and oxygen atoms in total. The van der Waals surface area contributed by atoms with E-state index in [0.29, 0.717) is 25.9 Å². The molecule has 0 radical (unpaired) electrons. The fourth-order valence-electron chi connectivity index (χ4n) is 3.48. The topological polar surface area (TPSA) is 40.6 Å². The third-order valence-electron chi connectivity index (χ3n) is 5.10. The van der Waals surface area contributed by atoms with Crippen LogP contribution in [0.2, 0.25) is 0 Å². The van der Waals surface area contributed by atoms with Gasteiger partial charge in [0, 0.05) is 26.2 Å². The number of carbonyl (C=O) groups excluding carboxylic acids is 2. The molecule has 3 rings (SSSR count). The van der Waals surface area contributed by atoms with Crippen LogP contribution in [-0.2, 0) is 16.1 Å². The third kappa shape index (κ3) is 3.26. The van der Waals surface area contributed by atoms with Gasteiger partial charge in [0.1, 0.15) is 5.41 Å². The zero-order chi connectivity index (χ0) is 16.3. The summed E-state index contributed by atoms with van der Waals surface area (Å²) in [5, 5.41) is 0. The normalized spacial score (nSPS) is 19.3. The molecule has 0 N–H and O–H groups in total. The smallest absolute Gasteiger partial charge is 0.238 e. The summed E-state index contributed by atoms with van der Waals surface area (Å²) in [6.07, 6.45) is 4.76. The predicted molar refractivity (Wildman–Crippen MR) is 89.6 cm³/mol. The Morgan fingerprint density at radius 3 is 2.30 bits per heavy atom. The van der Waals surface area contributed by atoms with E-state index < -0.39 is 5.41 Å². The van der Waals surface area contributed by atoms with Gasteiger partial charge in [0.2, 0.25) is 11.8 Å².